The summed E-state index contributed by atoms with van der Waals surface area (Å²) in [6.45, 7) is 3.30. The van der Waals surface area contributed by atoms with Gasteiger partial charge in [0.05, 0.1) is 0 Å². The maximum Gasteiger partial charge on any atom is 0.193 e. The molecule has 0 spiro atoms. The van der Waals surface area contributed by atoms with Gasteiger partial charge in [-0.2, -0.15) is 0 Å². The first-order valence-electron chi connectivity index (χ1n) is 6.17. The van der Waals surface area contributed by atoms with E-state index in [0.717, 1.165) is 13.0 Å². The summed E-state index contributed by atoms with van der Waals surface area (Å²) in [6.07, 6.45) is 5.49. The van der Waals surface area contributed by atoms with Crippen LogP contribution in [0, 0.1) is 0 Å². The maximum atomic E-state index is 2.42. The van der Waals surface area contributed by atoms with E-state index >= 15 is 0 Å². The van der Waals surface area contributed by atoms with E-state index in [1.807, 2.05) is 0 Å². The van der Waals surface area contributed by atoms with Gasteiger partial charge < -0.3 is 28.5 Å². The van der Waals surface area contributed by atoms with Gasteiger partial charge in [0.2, 0.25) is 0 Å². The molecule has 0 N–H and O–H groups in total. The maximum absolute atomic E-state index is 2.42. The molecule has 3 rings (SSSR count). The molecule has 0 aliphatic rings. The number of aromatic nitrogens is 2. The van der Waals surface area contributed by atoms with Crippen molar-refractivity contribution >= 4 is 21.8 Å². The minimum atomic E-state index is 0. The molecule has 94 valence electrons. The number of halogens is 1. The lowest BCUT2D eigenvalue weighted by atomic mass is 10.2. The van der Waals surface area contributed by atoms with Crippen LogP contribution >= 0.6 is 0 Å². The van der Waals surface area contributed by atoms with Crippen LogP contribution in [0.1, 0.15) is 13.3 Å². The molecule has 0 saturated heterocycles. The Labute approximate surface area is 124 Å². The predicted octanol–water partition coefficient (Wildman–Crippen LogP) is 0.0330. The molecule has 0 amide bonds. The van der Waals surface area contributed by atoms with Crippen molar-refractivity contribution in [1.29, 1.82) is 0 Å². The van der Waals surface area contributed by atoms with E-state index in [2.05, 4.69) is 65.8 Å². The molecular formula is C15H17IN2. The number of benzene rings is 1. The van der Waals surface area contributed by atoms with Gasteiger partial charge in [-0.1, -0.05) is 25.1 Å². The number of pyridine rings is 1. The standard InChI is InChI=1S/C15H17N2.HI/c1-3-9-17-14-7-5-4-6-12(14)13-8-10-16(2)11-15(13)17;/h4-8,10-11H,3,9H2,1-2H3;1H/q+1;/p-1. The monoisotopic (exact) mass is 352 g/mol. The zero-order chi connectivity index (χ0) is 11.8. The smallest absolute Gasteiger partial charge is 0.193 e. The Bertz CT molecular complexity index is 685. The lowest BCUT2D eigenvalue weighted by molar-refractivity contribution is -0.670. The summed E-state index contributed by atoms with van der Waals surface area (Å²) in [5.41, 5.74) is 2.67. The predicted molar refractivity (Wildman–Crippen MR) is 70.9 cm³/mol. The molecule has 1 aromatic carbocycles. The molecule has 0 fully saturated rings. The SMILES string of the molecule is CCCn1c2ccccc2c2cc[n+](C)cc21.[I-]. The summed E-state index contributed by atoms with van der Waals surface area (Å²) in [6, 6.07) is 10.9. The van der Waals surface area contributed by atoms with Gasteiger partial charge in [0.25, 0.3) is 0 Å². The summed E-state index contributed by atoms with van der Waals surface area (Å²) in [4.78, 5) is 0. The van der Waals surface area contributed by atoms with Crippen LogP contribution in [0.15, 0.2) is 42.7 Å². The van der Waals surface area contributed by atoms with Crippen LogP contribution in [0.4, 0.5) is 0 Å². The molecule has 2 heterocycles. The van der Waals surface area contributed by atoms with Gasteiger partial charge in [-0.3, -0.25) is 0 Å². The number of para-hydroxylation sites is 1. The highest BCUT2D eigenvalue weighted by Gasteiger charge is 2.11. The molecule has 0 aliphatic heterocycles. The Morgan fingerprint density at radius 3 is 2.56 bits per heavy atom. The van der Waals surface area contributed by atoms with Crippen molar-refractivity contribution < 1.29 is 28.5 Å². The normalized spacial score (nSPS) is 10.8. The summed E-state index contributed by atoms with van der Waals surface area (Å²) in [5.74, 6) is 0. The van der Waals surface area contributed by atoms with Crippen molar-refractivity contribution in [2.45, 2.75) is 19.9 Å². The molecule has 0 atom stereocenters. The molecule has 3 heteroatoms. The molecule has 0 saturated carbocycles. The number of nitrogens with zero attached hydrogens (tertiary/aromatic N) is 2. The quantitative estimate of drug-likeness (QED) is 0.455. The minimum absolute atomic E-state index is 0. The average molecular weight is 352 g/mol. The lowest BCUT2D eigenvalue weighted by Crippen LogP contribution is -3.00. The van der Waals surface area contributed by atoms with Crippen LogP contribution in [0.2, 0.25) is 0 Å². The van der Waals surface area contributed by atoms with Crippen molar-refractivity contribution in [3.8, 4) is 0 Å². The Kier molecular flexibility index (Phi) is 3.90. The van der Waals surface area contributed by atoms with Crippen LogP contribution < -0.4 is 28.5 Å². The van der Waals surface area contributed by atoms with Gasteiger partial charge in [0.15, 0.2) is 12.4 Å². The molecule has 2 nitrogen and oxygen atoms in total. The van der Waals surface area contributed by atoms with Crippen molar-refractivity contribution in [3.63, 3.8) is 0 Å². The highest BCUT2D eigenvalue weighted by molar-refractivity contribution is 6.07. The van der Waals surface area contributed by atoms with E-state index in [0.29, 0.717) is 0 Å². The van der Waals surface area contributed by atoms with E-state index < -0.39 is 0 Å². The second kappa shape index (κ2) is 5.26. The highest BCUT2D eigenvalue weighted by Crippen LogP contribution is 2.27. The largest absolute Gasteiger partial charge is 1.00 e. The van der Waals surface area contributed by atoms with Crippen LogP contribution in [0.3, 0.4) is 0 Å². The van der Waals surface area contributed by atoms with Crippen molar-refractivity contribution in [1.82, 2.24) is 4.57 Å². The van der Waals surface area contributed by atoms with Gasteiger partial charge in [-0.25, -0.2) is 4.57 Å². The first-order valence-corrected chi connectivity index (χ1v) is 6.17. The number of hydrogen-bond donors (Lipinski definition) is 0. The number of rotatable bonds is 2. The second-order valence-corrected chi connectivity index (χ2v) is 4.58. The Morgan fingerprint density at radius 1 is 1.06 bits per heavy atom. The Morgan fingerprint density at radius 2 is 1.78 bits per heavy atom. The minimum Gasteiger partial charge on any atom is -1.00 e. The highest BCUT2D eigenvalue weighted by atomic mass is 127. The molecule has 3 aromatic rings. The van der Waals surface area contributed by atoms with Gasteiger partial charge in [0.1, 0.15) is 12.6 Å². The number of fused-ring (bicyclic) bond motifs is 3. The third kappa shape index (κ3) is 2.00. The van der Waals surface area contributed by atoms with E-state index in [-0.39, 0.29) is 24.0 Å². The average Bonchev–Trinajstić information content (AvgIpc) is 2.65. The number of aryl methyl sites for hydroxylation is 2. The number of hydrogen-bond acceptors (Lipinski definition) is 0. The molecule has 18 heavy (non-hydrogen) atoms. The first-order chi connectivity index (χ1) is 8.31. The summed E-state index contributed by atoms with van der Waals surface area (Å²) >= 11 is 0. The molecule has 0 unspecified atom stereocenters. The van der Waals surface area contributed by atoms with Gasteiger partial charge >= 0.3 is 0 Å². The molecular weight excluding hydrogens is 335 g/mol. The van der Waals surface area contributed by atoms with E-state index in [1.54, 1.807) is 0 Å². The molecule has 0 radical (unpaired) electrons. The lowest BCUT2D eigenvalue weighted by Gasteiger charge is -2.03. The van der Waals surface area contributed by atoms with Crippen LogP contribution in [0.5, 0.6) is 0 Å². The first kappa shape index (κ1) is 13.3. The fourth-order valence-electron chi connectivity index (χ4n) is 2.56. The van der Waals surface area contributed by atoms with E-state index in [9.17, 15) is 0 Å². The van der Waals surface area contributed by atoms with Crippen molar-refractivity contribution in [2.75, 3.05) is 0 Å². The fraction of sp³-hybridized carbons (Fsp3) is 0.267. The molecule has 0 aliphatic carbocycles. The van der Waals surface area contributed by atoms with Gasteiger partial charge in [-0.15, -0.1) is 0 Å². The van der Waals surface area contributed by atoms with Crippen LogP contribution in [0.25, 0.3) is 21.8 Å². The van der Waals surface area contributed by atoms with Gasteiger partial charge in [0, 0.05) is 28.9 Å². The molecule has 0 bridgehead atoms. The van der Waals surface area contributed by atoms with Crippen molar-refractivity contribution in [2.24, 2.45) is 7.05 Å². The van der Waals surface area contributed by atoms with E-state index in [4.69, 9.17) is 0 Å². The zero-order valence-electron chi connectivity index (χ0n) is 10.7. The Balaban J connectivity index is 0.00000120. The van der Waals surface area contributed by atoms with Gasteiger partial charge in [-0.05, 0) is 12.5 Å². The van der Waals surface area contributed by atoms with Crippen LogP contribution in [-0.2, 0) is 13.6 Å². The summed E-state index contributed by atoms with van der Waals surface area (Å²) in [7, 11) is 2.08. The van der Waals surface area contributed by atoms with Crippen molar-refractivity contribution in [3.05, 3.63) is 42.7 Å². The topological polar surface area (TPSA) is 8.81 Å². The summed E-state index contributed by atoms with van der Waals surface area (Å²) in [5, 5.41) is 2.71. The molecule has 2 aromatic heterocycles. The third-order valence-electron chi connectivity index (χ3n) is 3.30. The fourth-order valence-corrected chi connectivity index (χ4v) is 2.56. The zero-order valence-corrected chi connectivity index (χ0v) is 12.9. The third-order valence-corrected chi connectivity index (χ3v) is 3.30. The summed E-state index contributed by atoms with van der Waals surface area (Å²) < 4.78 is 4.54. The Hall–Kier alpha value is -1.10. The van der Waals surface area contributed by atoms with E-state index in [1.165, 1.54) is 21.8 Å². The van der Waals surface area contributed by atoms with Crippen LogP contribution in [-0.4, -0.2) is 4.57 Å². The second-order valence-electron chi connectivity index (χ2n) is 4.58.